The summed E-state index contributed by atoms with van der Waals surface area (Å²) < 4.78 is 7.77. The minimum absolute atomic E-state index is 0.0570. The average molecular weight is 535 g/mol. The molecule has 0 saturated heterocycles. The number of nitrogens with one attached hydrogen (secondary N) is 2. The minimum atomic E-state index is -0.400. The summed E-state index contributed by atoms with van der Waals surface area (Å²) in [6.07, 6.45) is 7.36. The normalized spacial score (nSPS) is 19.5. The number of hydrogen-bond donors (Lipinski definition) is 2. The number of aromatic nitrogens is 5. The van der Waals surface area contributed by atoms with Crippen molar-refractivity contribution in [1.29, 1.82) is 5.26 Å². The van der Waals surface area contributed by atoms with Crippen LogP contribution in [-0.4, -0.2) is 43.7 Å². The Hall–Kier alpha value is -3.78. The molecule has 0 unspecified atom stereocenters. The summed E-state index contributed by atoms with van der Waals surface area (Å²) in [5.74, 6) is 0.995. The van der Waals surface area contributed by atoms with Crippen LogP contribution in [0.5, 0.6) is 0 Å². The highest BCUT2D eigenvalue weighted by Gasteiger charge is 2.41. The Labute approximate surface area is 209 Å². The Morgan fingerprint density at radius 1 is 1.40 bits per heavy atom. The molecular weight excluding hydrogens is 512 g/mol. The second kappa shape index (κ2) is 9.11. The standard InChI is InChI=1S/C24H23BrN8O2/c1-24(22(34)27-2)7-5-15(12-24)30-23-29-13-18-19(25)32-33(20(18)31-23)16-3-4-17(14(11-16)6-8-26)21-28-9-10-35-21/h3-4,9-11,13,15H,5-7,12H2,1-2H3,(H,27,34)(H,29,30,31)/t15-,24-/m1/s1. The third-order valence-corrected chi connectivity index (χ3v) is 7.08. The zero-order chi connectivity index (χ0) is 24.6. The number of benzene rings is 1. The largest absolute Gasteiger partial charge is 0.445 e. The highest BCUT2D eigenvalue weighted by molar-refractivity contribution is 9.10. The van der Waals surface area contributed by atoms with Gasteiger partial charge in [-0.15, -0.1) is 0 Å². The molecule has 0 spiro atoms. The number of carbonyl (C=O) groups excluding carboxylic acids is 1. The molecule has 0 radical (unpaired) electrons. The first-order valence-corrected chi connectivity index (χ1v) is 12.0. The molecule has 0 aliphatic heterocycles. The minimum Gasteiger partial charge on any atom is -0.445 e. The molecule has 178 valence electrons. The van der Waals surface area contributed by atoms with Crippen LogP contribution in [0.15, 0.2) is 45.9 Å². The van der Waals surface area contributed by atoms with Gasteiger partial charge in [-0.2, -0.15) is 15.3 Å². The highest BCUT2D eigenvalue weighted by atomic mass is 79.9. The van der Waals surface area contributed by atoms with Gasteiger partial charge in [0.2, 0.25) is 17.7 Å². The summed E-state index contributed by atoms with van der Waals surface area (Å²) in [4.78, 5) is 25.7. The first-order valence-electron chi connectivity index (χ1n) is 11.2. The number of nitrogens with zero attached hydrogens (tertiary/aromatic N) is 6. The van der Waals surface area contributed by atoms with Gasteiger partial charge < -0.3 is 15.1 Å². The quantitative estimate of drug-likeness (QED) is 0.378. The molecule has 1 aliphatic carbocycles. The molecule has 3 aromatic heterocycles. The molecule has 35 heavy (non-hydrogen) atoms. The molecule has 1 saturated carbocycles. The fourth-order valence-electron chi connectivity index (χ4n) is 4.68. The lowest BCUT2D eigenvalue weighted by atomic mass is 9.87. The molecule has 0 bridgehead atoms. The second-order valence-corrected chi connectivity index (χ2v) is 9.62. The lowest BCUT2D eigenvalue weighted by Gasteiger charge is -2.22. The van der Waals surface area contributed by atoms with E-state index < -0.39 is 5.41 Å². The third-order valence-electron chi connectivity index (χ3n) is 6.49. The maximum atomic E-state index is 12.3. The molecule has 10 nitrogen and oxygen atoms in total. The molecule has 1 fully saturated rings. The van der Waals surface area contributed by atoms with E-state index >= 15 is 0 Å². The lowest BCUT2D eigenvalue weighted by molar-refractivity contribution is -0.129. The Kier molecular flexibility index (Phi) is 5.98. The summed E-state index contributed by atoms with van der Waals surface area (Å²) >= 11 is 3.51. The Balaban J connectivity index is 1.48. The SMILES string of the molecule is CNC(=O)[C@]1(C)CC[C@@H](Nc2ncc3c(Br)nn(-c4ccc(-c5ncco5)c(CC#N)c4)c3n2)C1. The van der Waals surface area contributed by atoms with Gasteiger partial charge in [0.15, 0.2) is 5.65 Å². The molecule has 3 heterocycles. The van der Waals surface area contributed by atoms with Gasteiger partial charge in [0.1, 0.15) is 10.9 Å². The average Bonchev–Trinajstić information content (AvgIpc) is 3.59. The van der Waals surface area contributed by atoms with Gasteiger partial charge in [-0.05, 0) is 59.0 Å². The molecule has 2 atom stereocenters. The molecule has 5 rings (SSSR count). The van der Waals surface area contributed by atoms with E-state index in [1.807, 2.05) is 25.1 Å². The van der Waals surface area contributed by atoms with E-state index in [2.05, 4.69) is 47.7 Å². The van der Waals surface area contributed by atoms with E-state index in [-0.39, 0.29) is 18.4 Å². The van der Waals surface area contributed by atoms with Crippen molar-refractivity contribution in [3.63, 3.8) is 0 Å². The van der Waals surface area contributed by atoms with E-state index in [0.717, 1.165) is 35.0 Å². The smallest absolute Gasteiger partial charge is 0.226 e. The molecular formula is C24H23BrN8O2. The summed E-state index contributed by atoms with van der Waals surface area (Å²) in [5, 5.41) is 20.9. The van der Waals surface area contributed by atoms with Crippen molar-refractivity contribution in [3.05, 3.63) is 47.0 Å². The summed E-state index contributed by atoms with van der Waals surface area (Å²) in [5.41, 5.74) is 2.50. The molecule has 1 aliphatic rings. The zero-order valence-corrected chi connectivity index (χ0v) is 20.8. The molecule has 2 N–H and O–H groups in total. The fraction of sp³-hybridized carbons (Fsp3) is 0.333. The lowest BCUT2D eigenvalue weighted by Crippen LogP contribution is -2.35. The summed E-state index contributed by atoms with van der Waals surface area (Å²) in [7, 11) is 1.67. The number of halogens is 1. The van der Waals surface area contributed by atoms with Gasteiger partial charge >= 0.3 is 0 Å². The number of rotatable bonds is 6. The second-order valence-electron chi connectivity index (χ2n) is 8.87. The maximum absolute atomic E-state index is 12.3. The van der Waals surface area contributed by atoms with E-state index in [4.69, 9.17) is 9.40 Å². The van der Waals surface area contributed by atoms with Gasteiger partial charge in [0, 0.05) is 30.3 Å². The number of fused-ring (bicyclic) bond motifs is 1. The first-order chi connectivity index (χ1) is 16.9. The number of nitriles is 1. The van der Waals surface area contributed by atoms with Crippen LogP contribution < -0.4 is 10.6 Å². The number of hydrogen-bond acceptors (Lipinski definition) is 8. The topological polar surface area (TPSA) is 135 Å². The molecule has 1 amide bonds. The summed E-state index contributed by atoms with van der Waals surface area (Å²) in [6.45, 7) is 1.99. The van der Waals surface area contributed by atoms with Crippen molar-refractivity contribution < 1.29 is 9.21 Å². The van der Waals surface area contributed by atoms with Crippen LogP contribution in [-0.2, 0) is 11.2 Å². The van der Waals surface area contributed by atoms with Crippen molar-refractivity contribution in [1.82, 2.24) is 30.0 Å². The monoisotopic (exact) mass is 534 g/mol. The van der Waals surface area contributed by atoms with Crippen molar-refractivity contribution in [2.75, 3.05) is 12.4 Å². The summed E-state index contributed by atoms with van der Waals surface area (Å²) in [6, 6.07) is 7.95. The molecule has 4 aromatic rings. The van der Waals surface area contributed by atoms with Gasteiger partial charge in [-0.3, -0.25) is 4.79 Å². The van der Waals surface area contributed by atoms with Crippen LogP contribution in [0.2, 0.25) is 0 Å². The number of anilines is 1. The highest BCUT2D eigenvalue weighted by Crippen LogP contribution is 2.39. The van der Waals surface area contributed by atoms with Crippen molar-refractivity contribution in [2.45, 2.75) is 38.6 Å². The van der Waals surface area contributed by atoms with E-state index in [9.17, 15) is 10.1 Å². The van der Waals surface area contributed by atoms with Crippen LogP contribution in [0.1, 0.15) is 31.7 Å². The van der Waals surface area contributed by atoms with Crippen LogP contribution in [0.25, 0.3) is 28.2 Å². The van der Waals surface area contributed by atoms with Gasteiger partial charge in [-0.1, -0.05) is 6.92 Å². The Morgan fingerprint density at radius 2 is 2.26 bits per heavy atom. The predicted octanol–water partition coefficient (Wildman–Crippen LogP) is 4.02. The van der Waals surface area contributed by atoms with Crippen LogP contribution in [0, 0.1) is 16.7 Å². The van der Waals surface area contributed by atoms with Gasteiger partial charge in [0.25, 0.3) is 0 Å². The van der Waals surface area contributed by atoms with Crippen molar-refractivity contribution >= 4 is 38.8 Å². The Bertz CT molecular complexity index is 1440. The Morgan fingerprint density at radius 3 is 3.00 bits per heavy atom. The first kappa shape index (κ1) is 23.0. The number of amides is 1. The van der Waals surface area contributed by atoms with Crippen molar-refractivity contribution in [3.8, 4) is 23.2 Å². The fourth-order valence-corrected chi connectivity index (χ4v) is 5.12. The van der Waals surface area contributed by atoms with E-state index in [0.29, 0.717) is 28.5 Å². The van der Waals surface area contributed by atoms with Crippen molar-refractivity contribution in [2.24, 2.45) is 5.41 Å². The van der Waals surface area contributed by atoms with Crippen LogP contribution in [0.3, 0.4) is 0 Å². The third kappa shape index (κ3) is 4.25. The molecule has 1 aromatic carbocycles. The maximum Gasteiger partial charge on any atom is 0.226 e. The van der Waals surface area contributed by atoms with Crippen LogP contribution in [0.4, 0.5) is 5.95 Å². The number of carbonyl (C=O) groups is 1. The molecule has 11 heteroatoms. The predicted molar refractivity (Wildman–Crippen MR) is 133 cm³/mol. The van der Waals surface area contributed by atoms with Crippen LogP contribution >= 0.6 is 15.9 Å². The number of oxazole rings is 1. The van der Waals surface area contributed by atoms with Gasteiger partial charge in [0.05, 0.1) is 29.8 Å². The van der Waals surface area contributed by atoms with E-state index in [1.54, 1.807) is 24.1 Å². The zero-order valence-electron chi connectivity index (χ0n) is 19.2. The van der Waals surface area contributed by atoms with E-state index in [1.165, 1.54) is 6.26 Å². The van der Waals surface area contributed by atoms with Gasteiger partial charge in [-0.25, -0.2) is 14.6 Å².